The number of anilines is 1. The molecule has 1 heterocycles. The summed E-state index contributed by atoms with van der Waals surface area (Å²) in [5.41, 5.74) is -0.0144. The summed E-state index contributed by atoms with van der Waals surface area (Å²) in [4.78, 5) is 18.6. The van der Waals surface area contributed by atoms with E-state index >= 15 is 0 Å². The van der Waals surface area contributed by atoms with Gasteiger partial charge in [-0.2, -0.15) is 4.98 Å². The molecule has 2 atom stereocenters. The summed E-state index contributed by atoms with van der Waals surface area (Å²) in [5, 5.41) is 21.6. The minimum absolute atomic E-state index is 0.00106. The Balaban J connectivity index is 2.16. The second-order valence-electron chi connectivity index (χ2n) is 4.37. The Bertz CT molecular complexity index is 455. The molecule has 0 saturated heterocycles. The molecule has 2 rings (SSSR count). The predicted octanol–water partition coefficient (Wildman–Crippen LogP) is 1.54. The van der Waals surface area contributed by atoms with E-state index in [2.05, 4.69) is 15.3 Å². The molecule has 3 N–H and O–H groups in total. The summed E-state index contributed by atoms with van der Waals surface area (Å²) in [6.07, 6.45) is 3.98. The Kier molecular flexibility index (Phi) is 3.98. The molecule has 2 unspecified atom stereocenters. The molecule has 1 aliphatic rings. The smallest absolute Gasteiger partial charge is 0.341 e. The van der Waals surface area contributed by atoms with Crippen molar-refractivity contribution in [1.82, 2.24) is 9.97 Å². The first-order chi connectivity index (χ1) is 8.56. The molecule has 6 nitrogen and oxygen atoms in total. The van der Waals surface area contributed by atoms with Crippen molar-refractivity contribution in [2.24, 2.45) is 0 Å². The molecule has 1 saturated carbocycles. The number of carboxylic acid groups (broad SMARTS) is 1. The van der Waals surface area contributed by atoms with Gasteiger partial charge in [0.2, 0.25) is 5.28 Å². The maximum absolute atomic E-state index is 11.0. The van der Waals surface area contributed by atoms with E-state index in [1.165, 1.54) is 6.20 Å². The van der Waals surface area contributed by atoms with E-state index in [0.717, 1.165) is 19.3 Å². The van der Waals surface area contributed by atoms with Crippen molar-refractivity contribution in [3.63, 3.8) is 0 Å². The van der Waals surface area contributed by atoms with Crippen LogP contribution in [-0.4, -0.2) is 38.3 Å². The zero-order valence-corrected chi connectivity index (χ0v) is 10.4. The van der Waals surface area contributed by atoms with Crippen LogP contribution in [0.3, 0.4) is 0 Å². The molecule has 1 aliphatic carbocycles. The number of carbonyl (C=O) groups is 1. The van der Waals surface area contributed by atoms with Gasteiger partial charge in [-0.15, -0.1) is 0 Å². The van der Waals surface area contributed by atoms with Crippen molar-refractivity contribution in [2.75, 3.05) is 5.32 Å². The molecule has 7 heteroatoms. The summed E-state index contributed by atoms with van der Waals surface area (Å²) in [6, 6.07) is 0.0119. The summed E-state index contributed by atoms with van der Waals surface area (Å²) < 4.78 is 0. The average molecular weight is 272 g/mol. The molecule has 0 radical (unpaired) electrons. The van der Waals surface area contributed by atoms with E-state index in [0.29, 0.717) is 6.42 Å². The van der Waals surface area contributed by atoms with E-state index in [1.54, 1.807) is 0 Å². The maximum Gasteiger partial charge on any atom is 0.341 e. The van der Waals surface area contributed by atoms with Crippen LogP contribution in [0, 0.1) is 0 Å². The van der Waals surface area contributed by atoms with Gasteiger partial charge in [0.25, 0.3) is 0 Å². The van der Waals surface area contributed by atoms with Crippen LogP contribution >= 0.6 is 11.6 Å². The first-order valence-corrected chi connectivity index (χ1v) is 6.14. The fourth-order valence-electron chi connectivity index (χ4n) is 2.12. The number of hydrogen-bond donors (Lipinski definition) is 3. The monoisotopic (exact) mass is 271 g/mol. The fourth-order valence-corrected chi connectivity index (χ4v) is 2.25. The lowest BCUT2D eigenvalue weighted by atomic mass is 9.93. The Morgan fingerprint density at radius 3 is 2.94 bits per heavy atom. The number of aromatic carboxylic acids is 1. The van der Waals surface area contributed by atoms with Crippen molar-refractivity contribution in [2.45, 2.75) is 37.8 Å². The lowest BCUT2D eigenvalue weighted by Crippen LogP contribution is -2.31. The van der Waals surface area contributed by atoms with Gasteiger partial charge in [-0.05, 0) is 37.3 Å². The van der Waals surface area contributed by atoms with Crippen molar-refractivity contribution < 1.29 is 15.0 Å². The van der Waals surface area contributed by atoms with Gasteiger partial charge in [0.05, 0.1) is 6.10 Å². The average Bonchev–Trinajstić information content (AvgIpc) is 2.28. The number of aliphatic hydroxyl groups is 1. The van der Waals surface area contributed by atoms with E-state index in [1.807, 2.05) is 0 Å². The quantitative estimate of drug-likeness (QED) is 0.722. The number of aliphatic hydroxyl groups excluding tert-OH is 1. The highest BCUT2D eigenvalue weighted by molar-refractivity contribution is 6.28. The van der Waals surface area contributed by atoms with Crippen molar-refractivity contribution >= 4 is 23.4 Å². The van der Waals surface area contributed by atoms with Crippen LogP contribution in [0.5, 0.6) is 0 Å². The van der Waals surface area contributed by atoms with E-state index in [4.69, 9.17) is 16.7 Å². The molecule has 1 fully saturated rings. The number of nitrogens with one attached hydrogen (secondary N) is 1. The third kappa shape index (κ3) is 3.08. The van der Waals surface area contributed by atoms with E-state index in [-0.39, 0.29) is 28.8 Å². The normalized spacial score (nSPS) is 23.7. The number of hydrogen-bond acceptors (Lipinski definition) is 5. The Morgan fingerprint density at radius 1 is 1.50 bits per heavy atom. The molecule has 98 valence electrons. The number of carboxylic acids is 1. The summed E-state index contributed by atoms with van der Waals surface area (Å²) >= 11 is 5.66. The minimum Gasteiger partial charge on any atom is -0.477 e. The molecule has 18 heavy (non-hydrogen) atoms. The molecular weight excluding hydrogens is 258 g/mol. The molecule has 0 bridgehead atoms. The minimum atomic E-state index is -1.11. The topological polar surface area (TPSA) is 95.3 Å². The van der Waals surface area contributed by atoms with Crippen molar-refractivity contribution in [3.8, 4) is 0 Å². The van der Waals surface area contributed by atoms with Crippen LogP contribution < -0.4 is 5.32 Å². The van der Waals surface area contributed by atoms with Gasteiger partial charge in [0, 0.05) is 12.2 Å². The molecule has 0 aliphatic heterocycles. The number of rotatable bonds is 3. The molecule has 1 aromatic heterocycles. The number of halogens is 1. The predicted molar refractivity (Wildman–Crippen MR) is 65.9 cm³/mol. The third-order valence-electron chi connectivity index (χ3n) is 2.98. The van der Waals surface area contributed by atoms with E-state index < -0.39 is 5.97 Å². The van der Waals surface area contributed by atoms with Gasteiger partial charge >= 0.3 is 5.97 Å². The summed E-state index contributed by atoms with van der Waals surface area (Å²) in [7, 11) is 0. The summed E-state index contributed by atoms with van der Waals surface area (Å²) in [6.45, 7) is 0. The van der Waals surface area contributed by atoms with Gasteiger partial charge in [0.1, 0.15) is 11.4 Å². The second kappa shape index (κ2) is 5.49. The Morgan fingerprint density at radius 2 is 2.28 bits per heavy atom. The SMILES string of the molecule is O=C(O)c1cnc(Cl)nc1NC1CCCC(O)C1. The maximum atomic E-state index is 11.0. The Labute approximate surface area is 109 Å². The number of nitrogens with zero attached hydrogens (tertiary/aromatic N) is 2. The van der Waals surface area contributed by atoms with Crippen LogP contribution in [0.25, 0.3) is 0 Å². The van der Waals surface area contributed by atoms with Gasteiger partial charge in [-0.25, -0.2) is 9.78 Å². The molecule has 1 aromatic rings. The largest absolute Gasteiger partial charge is 0.477 e. The highest BCUT2D eigenvalue weighted by Crippen LogP contribution is 2.23. The molecule has 0 amide bonds. The van der Waals surface area contributed by atoms with E-state index in [9.17, 15) is 9.90 Å². The fraction of sp³-hybridized carbons (Fsp3) is 0.545. The standard InChI is InChI=1S/C11H14ClN3O3/c12-11-13-5-8(10(17)18)9(15-11)14-6-2-1-3-7(16)4-6/h5-7,16H,1-4H2,(H,17,18)(H,13,14,15). The van der Waals surface area contributed by atoms with Crippen LogP contribution in [0.4, 0.5) is 5.82 Å². The van der Waals surface area contributed by atoms with Gasteiger partial charge in [0.15, 0.2) is 0 Å². The van der Waals surface area contributed by atoms with Crippen LogP contribution in [-0.2, 0) is 0 Å². The van der Waals surface area contributed by atoms with Crippen LogP contribution in [0.1, 0.15) is 36.0 Å². The lowest BCUT2D eigenvalue weighted by Gasteiger charge is -2.27. The first-order valence-electron chi connectivity index (χ1n) is 5.76. The first kappa shape index (κ1) is 13.0. The van der Waals surface area contributed by atoms with Gasteiger partial charge in [-0.3, -0.25) is 0 Å². The molecule has 0 spiro atoms. The van der Waals surface area contributed by atoms with Gasteiger partial charge in [-0.1, -0.05) is 0 Å². The number of aromatic nitrogens is 2. The zero-order valence-electron chi connectivity index (χ0n) is 9.64. The Hall–Kier alpha value is -1.40. The van der Waals surface area contributed by atoms with Crippen LogP contribution in [0.2, 0.25) is 5.28 Å². The highest BCUT2D eigenvalue weighted by atomic mass is 35.5. The van der Waals surface area contributed by atoms with Crippen LogP contribution in [0.15, 0.2) is 6.20 Å². The second-order valence-corrected chi connectivity index (χ2v) is 4.71. The lowest BCUT2D eigenvalue weighted by molar-refractivity contribution is 0.0697. The third-order valence-corrected chi connectivity index (χ3v) is 3.16. The molecular formula is C11H14ClN3O3. The molecule has 0 aromatic carbocycles. The highest BCUT2D eigenvalue weighted by Gasteiger charge is 2.22. The van der Waals surface area contributed by atoms with Crippen molar-refractivity contribution in [1.29, 1.82) is 0 Å². The summed E-state index contributed by atoms with van der Waals surface area (Å²) in [5.74, 6) is -0.896. The van der Waals surface area contributed by atoms with Crippen molar-refractivity contribution in [3.05, 3.63) is 17.0 Å². The van der Waals surface area contributed by atoms with Gasteiger partial charge < -0.3 is 15.5 Å². The zero-order chi connectivity index (χ0) is 13.1.